The van der Waals surface area contributed by atoms with Crippen LogP contribution in [0.2, 0.25) is 0 Å². The van der Waals surface area contributed by atoms with Crippen molar-refractivity contribution in [2.24, 2.45) is 29.1 Å². The van der Waals surface area contributed by atoms with Crippen LogP contribution in [0.15, 0.2) is 72.3 Å². The van der Waals surface area contributed by atoms with Crippen molar-refractivity contribution in [2.75, 3.05) is 9.80 Å². The Morgan fingerprint density at radius 2 is 1.50 bits per heavy atom. The minimum atomic E-state index is -1.35. The predicted octanol–water partition coefficient (Wildman–Crippen LogP) is 4.85. The second kappa shape index (κ2) is 10.1. The van der Waals surface area contributed by atoms with E-state index in [4.69, 9.17) is 0 Å². The molecule has 10 heteroatoms. The van der Waals surface area contributed by atoms with Crippen molar-refractivity contribution in [3.8, 4) is 11.5 Å². The number of nitrogens with zero attached hydrogens (tertiary/aromatic N) is 2. The Morgan fingerprint density at radius 1 is 0.826 bits per heavy atom. The fraction of sp³-hybridized carbons (Fsp3) is 0.306. The quantitative estimate of drug-likeness (QED) is 0.277. The van der Waals surface area contributed by atoms with Crippen molar-refractivity contribution >= 4 is 41.0 Å². The number of carboxylic acid groups (broad SMARTS) is 1. The van der Waals surface area contributed by atoms with Crippen molar-refractivity contribution < 1.29 is 39.3 Å². The second-order valence-corrected chi connectivity index (χ2v) is 13.0. The number of aromatic hydroxyl groups is 2. The van der Waals surface area contributed by atoms with E-state index in [-0.39, 0.29) is 41.7 Å². The number of rotatable bonds is 4. The van der Waals surface area contributed by atoms with Crippen LogP contribution in [-0.2, 0) is 19.2 Å². The maximum absolute atomic E-state index is 14.5. The first kappa shape index (κ1) is 29.5. The number of fused-ring (bicyclic) bond motifs is 4. The topological polar surface area (TPSA) is 153 Å². The third-order valence-electron chi connectivity index (χ3n) is 10.6. The molecule has 0 spiro atoms. The number of aromatic carboxylic acids is 1. The van der Waals surface area contributed by atoms with E-state index in [1.165, 1.54) is 11.0 Å². The van der Waals surface area contributed by atoms with Gasteiger partial charge in [-0.1, -0.05) is 42.0 Å². The van der Waals surface area contributed by atoms with Crippen LogP contribution in [0.3, 0.4) is 0 Å². The van der Waals surface area contributed by atoms with Gasteiger partial charge in [0.1, 0.15) is 17.1 Å². The van der Waals surface area contributed by atoms with Gasteiger partial charge < -0.3 is 15.3 Å². The van der Waals surface area contributed by atoms with Gasteiger partial charge in [-0.2, -0.15) is 0 Å². The van der Waals surface area contributed by atoms with Crippen LogP contribution in [0.25, 0.3) is 0 Å². The molecule has 1 saturated carbocycles. The zero-order valence-corrected chi connectivity index (χ0v) is 25.4. The number of phenols is 2. The Balaban J connectivity index is 1.36. The molecule has 0 unspecified atom stereocenters. The summed E-state index contributed by atoms with van der Waals surface area (Å²) in [5, 5.41) is 30.3. The van der Waals surface area contributed by atoms with Crippen LogP contribution in [0.1, 0.15) is 52.7 Å². The number of carbonyl (C=O) groups excluding carboxylic acids is 4. The number of carbonyl (C=O) groups is 5. The average Bonchev–Trinajstić information content (AvgIpc) is 3.39. The molecule has 46 heavy (non-hydrogen) atoms. The molecule has 3 aromatic carbocycles. The van der Waals surface area contributed by atoms with Gasteiger partial charge in [0, 0.05) is 12.0 Å². The molecule has 2 aliphatic carbocycles. The Morgan fingerprint density at radius 3 is 2.13 bits per heavy atom. The van der Waals surface area contributed by atoms with Gasteiger partial charge in [-0.15, -0.1) is 0 Å². The van der Waals surface area contributed by atoms with E-state index < -0.39 is 58.5 Å². The lowest BCUT2D eigenvalue weighted by atomic mass is 9.51. The van der Waals surface area contributed by atoms with Crippen LogP contribution >= 0.6 is 0 Å². The highest BCUT2D eigenvalue weighted by atomic mass is 16.4. The Bertz CT molecular complexity index is 1890. The van der Waals surface area contributed by atoms with Gasteiger partial charge >= 0.3 is 5.97 Å². The third-order valence-corrected chi connectivity index (χ3v) is 10.6. The van der Waals surface area contributed by atoms with Crippen LogP contribution in [0, 0.1) is 42.9 Å². The van der Waals surface area contributed by atoms with Gasteiger partial charge in [0.05, 0.1) is 34.5 Å². The third kappa shape index (κ3) is 3.92. The van der Waals surface area contributed by atoms with Gasteiger partial charge in [0.2, 0.25) is 23.6 Å². The normalized spacial score (nSPS) is 28.6. The van der Waals surface area contributed by atoms with E-state index in [1.54, 1.807) is 44.2 Å². The minimum absolute atomic E-state index is 0.0674. The van der Waals surface area contributed by atoms with Crippen molar-refractivity contribution in [1.29, 1.82) is 0 Å². The number of hydrogen-bond acceptors (Lipinski definition) is 7. The number of amides is 4. The number of benzene rings is 3. The molecule has 3 N–H and O–H groups in total. The molecular formula is C36H32N2O8. The molecule has 4 amide bonds. The Labute approximate surface area is 264 Å². The van der Waals surface area contributed by atoms with E-state index in [2.05, 4.69) is 0 Å². The number of imide groups is 2. The molecule has 4 aliphatic rings. The van der Waals surface area contributed by atoms with Crippen LogP contribution in [0.5, 0.6) is 11.5 Å². The SMILES string of the molecule is Cc1cc([C@H]2C3=CC[C@@H]4C(=O)N(c5ccc(C(=O)O)c(O)c5)C(=O)[C@@H]4[C@@H]3C[C@H]3C(=O)N(c4ccccc4)C(=O)[C@@]23C)cc(C)c1O. The summed E-state index contributed by atoms with van der Waals surface area (Å²) in [6, 6.07) is 16.0. The predicted molar refractivity (Wildman–Crippen MR) is 166 cm³/mol. The maximum atomic E-state index is 14.5. The molecule has 2 heterocycles. The Kier molecular flexibility index (Phi) is 6.49. The molecule has 3 aromatic rings. The number of anilines is 2. The van der Waals surface area contributed by atoms with Gasteiger partial charge in [-0.25, -0.2) is 14.6 Å². The fourth-order valence-electron chi connectivity index (χ4n) is 8.47. The van der Waals surface area contributed by atoms with Crippen LogP contribution in [-0.4, -0.2) is 44.9 Å². The van der Waals surface area contributed by atoms with Crippen molar-refractivity contribution in [2.45, 2.75) is 39.5 Å². The van der Waals surface area contributed by atoms with Crippen LogP contribution in [0.4, 0.5) is 11.4 Å². The summed E-state index contributed by atoms with van der Waals surface area (Å²) in [4.78, 5) is 70.5. The van der Waals surface area contributed by atoms with Crippen molar-refractivity contribution in [1.82, 2.24) is 0 Å². The van der Waals surface area contributed by atoms with Crippen molar-refractivity contribution in [3.05, 3.63) is 94.6 Å². The molecule has 6 atom stereocenters. The fourth-order valence-corrected chi connectivity index (χ4v) is 8.47. The van der Waals surface area contributed by atoms with E-state index in [0.29, 0.717) is 16.8 Å². The molecule has 234 valence electrons. The summed E-state index contributed by atoms with van der Waals surface area (Å²) in [6.07, 6.45) is 2.35. The summed E-state index contributed by atoms with van der Waals surface area (Å²) in [5.74, 6) is -6.94. The second-order valence-electron chi connectivity index (χ2n) is 13.0. The first-order chi connectivity index (χ1) is 21.9. The standard InChI is InChI=1S/C36H32N2O8/c1-17-13-19(14-18(2)30(17)40)29-22-11-12-24-28(33(43)37(31(24)41)21-9-10-23(34(44)45)27(39)15-21)25(22)16-26-32(42)38(35(46)36(26,29)3)20-7-5-4-6-8-20/h4-11,13-15,24-26,28-29,39-40H,12,16H2,1-3H3,(H,44,45)/t24-,25+,26-,28-,29-,36+/m0/s1. The largest absolute Gasteiger partial charge is 0.507 e. The van der Waals surface area contributed by atoms with E-state index >= 15 is 0 Å². The first-order valence-electron chi connectivity index (χ1n) is 15.2. The number of aryl methyl sites for hydroxylation is 2. The first-order valence-corrected chi connectivity index (χ1v) is 15.2. The lowest BCUT2D eigenvalue weighted by molar-refractivity contribution is -0.131. The molecule has 0 radical (unpaired) electrons. The molecule has 2 aliphatic heterocycles. The van der Waals surface area contributed by atoms with Gasteiger partial charge in [-0.3, -0.25) is 19.2 Å². The number of phenolic OH excluding ortho intramolecular Hbond substituents is 1. The number of allylic oxidation sites excluding steroid dienone is 2. The van der Waals surface area contributed by atoms with Gasteiger partial charge in [0.15, 0.2) is 0 Å². The van der Waals surface area contributed by atoms with Crippen molar-refractivity contribution in [3.63, 3.8) is 0 Å². The molecule has 10 nitrogen and oxygen atoms in total. The monoisotopic (exact) mass is 620 g/mol. The molecule has 0 bridgehead atoms. The van der Waals surface area contributed by atoms with E-state index in [1.807, 2.05) is 25.1 Å². The summed E-state index contributed by atoms with van der Waals surface area (Å²) >= 11 is 0. The Hall–Kier alpha value is -5.25. The number of para-hydroxylation sites is 1. The highest BCUT2D eigenvalue weighted by molar-refractivity contribution is 6.25. The molecule has 3 fully saturated rings. The number of carboxylic acids is 1. The number of hydrogen-bond donors (Lipinski definition) is 3. The maximum Gasteiger partial charge on any atom is 0.339 e. The molecular weight excluding hydrogens is 588 g/mol. The highest BCUT2D eigenvalue weighted by Crippen LogP contribution is 2.64. The molecule has 7 rings (SSSR count). The average molecular weight is 621 g/mol. The molecule has 2 saturated heterocycles. The summed E-state index contributed by atoms with van der Waals surface area (Å²) in [5.41, 5.74) is 1.76. The van der Waals surface area contributed by atoms with E-state index in [0.717, 1.165) is 28.2 Å². The zero-order valence-electron chi connectivity index (χ0n) is 25.4. The van der Waals surface area contributed by atoms with Crippen LogP contribution < -0.4 is 9.80 Å². The summed E-state index contributed by atoms with van der Waals surface area (Å²) in [7, 11) is 0. The highest BCUT2D eigenvalue weighted by Gasteiger charge is 2.67. The van der Waals surface area contributed by atoms with Gasteiger partial charge in [0.25, 0.3) is 0 Å². The van der Waals surface area contributed by atoms with E-state index in [9.17, 15) is 39.3 Å². The molecule has 0 aromatic heterocycles. The lowest BCUT2D eigenvalue weighted by Gasteiger charge is -2.49. The minimum Gasteiger partial charge on any atom is -0.507 e. The lowest BCUT2D eigenvalue weighted by Crippen LogP contribution is -2.49. The zero-order chi connectivity index (χ0) is 32.8. The van der Waals surface area contributed by atoms with Gasteiger partial charge in [-0.05, 0) is 80.5 Å². The smallest absolute Gasteiger partial charge is 0.339 e. The summed E-state index contributed by atoms with van der Waals surface area (Å²) in [6.45, 7) is 5.36. The summed E-state index contributed by atoms with van der Waals surface area (Å²) < 4.78 is 0.